The molecule has 1 heterocycles. The molecular formula is C23H24F3N3O6S. The van der Waals surface area contributed by atoms with Gasteiger partial charge in [0, 0.05) is 12.2 Å². The summed E-state index contributed by atoms with van der Waals surface area (Å²) in [7, 11) is -4.55. The number of carbonyl (C=O) groups is 2. The Labute approximate surface area is 205 Å². The number of anilines is 2. The lowest BCUT2D eigenvalue weighted by Crippen LogP contribution is -2.46. The van der Waals surface area contributed by atoms with E-state index in [1.165, 1.54) is 18.2 Å². The Balaban J connectivity index is 1.65. The molecule has 2 aromatic carbocycles. The lowest BCUT2D eigenvalue weighted by Gasteiger charge is -2.35. The van der Waals surface area contributed by atoms with Crippen LogP contribution in [0.5, 0.6) is 5.75 Å². The van der Waals surface area contributed by atoms with Crippen molar-refractivity contribution in [1.29, 1.82) is 0 Å². The molecule has 2 aromatic rings. The zero-order chi connectivity index (χ0) is 26.1. The average Bonchev–Trinajstić information content (AvgIpc) is 2.77. The number of carboxylic acid groups (broad SMARTS) is 1. The number of carbonyl (C=O) groups excluding carboxylic acids is 1. The van der Waals surface area contributed by atoms with E-state index in [1.54, 1.807) is 0 Å². The highest BCUT2D eigenvalue weighted by molar-refractivity contribution is 7.92. The first-order valence-corrected chi connectivity index (χ1v) is 12.6. The summed E-state index contributed by atoms with van der Waals surface area (Å²) in [6, 6.07) is 7.22. The number of alkyl halides is 3. The van der Waals surface area contributed by atoms with Crippen LogP contribution in [-0.2, 0) is 21.0 Å². The van der Waals surface area contributed by atoms with Gasteiger partial charge >= 0.3 is 12.3 Å². The van der Waals surface area contributed by atoms with E-state index in [0.717, 1.165) is 41.8 Å². The summed E-state index contributed by atoms with van der Waals surface area (Å²) in [5.41, 5.74) is -1.17. The first-order valence-electron chi connectivity index (χ1n) is 11.2. The van der Waals surface area contributed by atoms with Crippen molar-refractivity contribution in [3.8, 4) is 5.75 Å². The van der Waals surface area contributed by atoms with Crippen LogP contribution in [0.2, 0.25) is 0 Å². The summed E-state index contributed by atoms with van der Waals surface area (Å²) in [5.74, 6) is 0.125. The molecule has 4 rings (SSSR count). The molecule has 1 aliphatic carbocycles. The number of ether oxygens (including phenoxy) is 1. The minimum Gasteiger partial charge on any atom is -0.486 e. The second kappa shape index (κ2) is 9.88. The highest BCUT2D eigenvalue weighted by Crippen LogP contribution is 2.40. The number of nitrogens with one attached hydrogen (secondary N) is 2. The summed E-state index contributed by atoms with van der Waals surface area (Å²) < 4.78 is 73.4. The predicted molar refractivity (Wildman–Crippen MR) is 123 cm³/mol. The SMILES string of the molecule is O=C(O)Nc1ccc2c(c1)N(S(=O)(=O)c1cccc(C(F)(F)F)c1)CC(CC(=O)NCC1CCC1)O2. The number of rotatable bonds is 7. The zero-order valence-electron chi connectivity index (χ0n) is 18.9. The molecule has 1 saturated carbocycles. The summed E-state index contributed by atoms with van der Waals surface area (Å²) >= 11 is 0. The average molecular weight is 528 g/mol. The van der Waals surface area contributed by atoms with E-state index in [2.05, 4.69) is 10.6 Å². The number of hydrogen-bond donors (Lipinski definition) is 3. The number of benzene rings is 2. The molecule has 1 atom stereocenters. The van der Waals surface area contributed by atoms with E-state index in [-0.39, 0.29) is 36.0 Å². The molecule has 1 fully saturated rings. The Morgan fingerprint density at radius 3 is 2.53 bits per heavy atom. The second-order valence-electron chi connectivity index (χ2n) is 8.72. The van der Waals surface area contributed by atoms with Gasteiger partial charge in [0.25, 0.3) is 10.0 Å². The Morgan fingerprint density at radius 1 is 1.14 bits per heavy atom. The Hall–Kier alpha value is -3.48. The van der Waals surface area contributed by atoms with Crippen LogP contribution in [0.4, 0.5) is 29.3 Å². The normalized spacial score (nSPS) is 18.0. The number of amides is 2. The van der Waals surface area contributed by atoms with Crippen molar-refractivity contribution in [1.82, 2.24) is 5.32 Å². The maximum Gasteiger partial charge on any atom is 0.416 e. The monoisotopic (exact) mass is 527 g/mol. The van der Waals surface area contributed by atoms with Crippen molar-refractivity contribution >= 4 is 33.4 Å². The molecule has 0 saturated heterocycles. The van der Waals surface area contributed by atoms with Gasteiger partial charge in [-0.1, -0.05) is 12.5 Å². The topological polar surface area (TPSA) is 125 Å². The molecule has 2 aliphatic rings. The molecule has 1 unspecified atom stereocenters. The molecule has 9 nitrogen and oxygen atoms in total. The molecular weight excluding hydrogens is 503 g/mol. The molecule has 0 bridgehead atoms. The van der Waals surface area contributed by atoms with E-state index in [4.69, 9.17) is 9.84 Å². The van der Waals surface area contributed by atoms with Crippen LogP contribution < -0.4 is 19.7 Å². The molecule has 2 amide bonds. The van der Waals surface area contributed by atoms with Crippen molar-refractivity contribution in [3.05, 3.63) is 48.0 Å². The van der Waals surface area contributed by atoms with Gasteiger partial charge in [0.05, 0.1) is 29.1 Å². The van der Waals surface area contributed by atoms with Gasteiger partial charge in [0.15, 0.2) is 0 Å². The van der Waals surface area contributed by atoms with E-state index in [1.807, 2.05) is 0 Å². The van der Waals surface area contributed by atoms with E-state index in [9.17, 15) is 31.2 Å². The molecule has 3 N–H and O–H groups in total. The summed E-state index contributed by atoms with van der Waals surface area (Å²) in [5, 5.41) is 13.9. The minimum absolute atomic E-state index is 0.0331. The Kier molecular flexibility index (Phi) is 7.03. The first-order chi connectivity index (χ1) is 16.9. The maximum absolute atomic E-state index is 13.5. The van der Waals surface area contributed by atoms with Gasteiger partial charge in [-0.05, 0) is 55.2 Å². The highest BCUT2D eigenvalue weighted by Gasteiger charge is 2.38. The number of halogens is 3. The fourth-order valence-electron chi connectivity index (χ4n) is 4.04. The Morgan fingerprint density at radius 2 is 1.89 bits per heavy atom. The summed E-state index contributed by atoms with van der Waals surface area (Å²) in [4.78, 5) is 22.9. The van der Waals surface area contributed by atoms with Crippen molar-refractivity contribution in [2.45, 2.75) is 42.9 Å². The largest absolute Gasteiger partial charge is 0.486 e. The fourth-order valence-corrected chi connectivity index (χ4v) is 5.59. The third kappa shape index (κ3) is 5.66. The second-order valence-corrected chi connectivity index (χ2v) is 10.6. The third-order valence-corrected chi connectivity index (χ3v) is 7.89. The van der Waals surface area contributed by atoms with Crippen LogP contribution in [0.3, 0.4) is 0 Å². The maximum atomic E-state index is 13.5. The van der Waals surface area contributed by atoms with Gasteiger partial charge in [0.2, 0.25) is 5.91 Å². The molecule has 36 heavy (non-hydrogen) atoms. The van der Waals surface area contributed by atoms with Crippen molar-refractivity contribution in [2.75, 3.05) is 22.7 Å². The van der Waals surface area contributed by atoms with Gasteiger partial charge in [0.1, 0.15) is 11.9 Å². The van der Waals surface area contributed by atoms with Gasteiger partial charge in [-0.2, -0.15) is 13.2 Å². The van der Waals surface area contributed by atoms with E-state index >= 15 is 0 Å². The molecule has 0 aromatic heterocycles. The van der Waals surface area contributed by atoms with Gasteiger partial charge in [-0.25, -0.2) is 13.2 Å². The van der Waals surface area contributed by atoms with E-state index in [0.29, 0.717) is 18.5 Å². The van der Waals surface area contributed by atoms with Crippen LogP contribution in [0, 0.1) is 5.92 Å². The highest BCUT2D eigenvalue weighted by atomic mass is 32.2. The van der Waals surface area contributed by atoms with Crippen LogP contribution in [0.25, 0.3) is 0 Å². The standard InChI is InChI=1S/C23H24F3N3O6S/c24-23(25,26)15-5-2-6-18(9-15)36(33,34)29-13-17(11-21(30)27-12-14-3-1-4-14)35-20-8-7-16(10-19(20)29)28-22(31)32/h2,5-10,14,17,28H,1,3-4,11-13H2,(H,27,30)(H,31,32). The van der Waals surface area contributed by atoms with Crippen molar-refractivity contribution in [3.63, 3.8) is 0 Å². The van der Waals surface area contributed by atoms with E-state index < -0.39 is 38.9 Å². The van der Waals surface area contributed by atoms with Crippen molar-refractivity contribution < 1.29 is 41.0 Å². The Bertz CT molecular complexity index is 1260. The molecule has 13 heteroatoms. The van der Waals surface area contributed by atoms with Gasteiger partial charge < -0.3 is 15.2 Å². The molecule has 0 radical (unpaired) electrons. The van der Waals surface area contributed by atoms with Crippen LogP contribution >= 0.6 is 0 Å². The molecule has 194 valence electrons. The predicted octanol–water partition coefficient (Wildman–Crippen LogP) is 4.06. The number of fused-ring (bicyclic) bond motifs is 1. The first kappa shape index (κ1) is 25.6. The summed E-state index contributed by atoms with van der Waals surface area (Å²) in [6.45, 7) is 0.150. The van der Waals surface area contributed by atoms with Crippen LogP contribution in [0.1, 0.15) is 31.2 Å². The summed E-state index contributed by atoms with van der Waals surface area (Å²) in [6.07, 6.45) is -4.06. The van der Waals surface area contributed by atoms with Crippen LogP contribution in [0.15, 0.2) is 47.4 Å². The molecule has 1 aliphatic heterocycles. The number of nitrogens with zero attached hydrogens (tertiary/aromatic N) is 1. The zero-order valence-corrected chi connectivity index (χ0v) is 19.7. The molecule has 0 spiro atoms. The lowest BCUT2D eigenvalue weighted by molar-refractivity contribution is -0.137. The number of sulfonamides is 1. The number of hydrogen-bond acceptors (Lipinski definition) is 5. The fraction of sp³-hybridized carbons (Fsp3) is 0.391. The lowest BCUT2D eigenvalue weighted by atomic mass is 9.85. The minimum atomic E-state index is -4.76. The third-order valence-electron chi connectivity index (χ3n) is 6.12. The smallest absolute Gasteiger partial charge is 0.416 e. The van der Waals surface area contributed by atoms with Crippen molar-refractivity contribution in [2.24, 2.45) is 5.92 Å². The van der Waals surface area contributed by atoms with Gasteiger partial charge in [-0.3, -0.25) is 14.4 Å². The van der Waals surface area contributed by atoms with Crippen LogP contribution in [-0.4, -0.2) is 44.7 Å². The van der Waals surface area contributed by atoms with Gasteiger partial charge in [-0.15, -0.1) is 0 Å². The quantitative estimate of drug-likeness (QED) is 0.499.